The Morgan fingerprint density at radius 3 is 2.95 bits per heavy atom. The van der Waals surface area contributed by atoms with Crippen LogP contribution in [0.3, 0.4) is 0 Å². The van der Waals surface area contributed by atoms with Gasteiger partial charge in [-0.05, 0) is 42.7 Å². The Hall–Kier alpha value is -2.10. The summed E-state index contributed by atoms with van der Waals surface area (Å²) in [6.07, 6.45) is 6.42. The van der Waals surface area contributed by atoms with Crippen molar-refractivity contribution in [2.24, 2.45) is 0 Å². The minimum Gasteiger partial charge on any atom is -0.490 e. The van der Waals surface area contributed by atoms with Crippen LogP contribution in [0.2, 0.25) is 0 Å². The van der Waals surface area contributed by atoms with Crippen molar-refractivity contribution in [3.8, 4) is 5.75 Å². The van der Waals surface area contributed by atoms with E-state index in [1.54, 1.807) is 12.4 Å². The summed E-state index contributed by atoms with van der Waals surface area (Å²) in [7, 11) is 0. The molecular formula is C15H19N3O. The van der Waals surface area contributed by atoms with Crippen LogP contribution in [0.1, 0.15) is 24.5 Å². The van der Waals surface area contributed by atoms with Crippen LogP contribution in [0.25, 0.3) is 0 Å². The number of rotatable bonds is 6. The molecule has 2 aromatic rings. The summed E-state index contributed by atoms with van der Waals surface area (Å²) in [5, 5.41) is 3.32. The van der Waals surface area contributed by atoms with Gasteiger partial charge in [0.2, 0.25) is 0 Å². The summed E-state index contributed by atoms with van der Waals surface area (Å²) in [4.78, 5) is 8.41. The number of aryl methyl sites for hydroxylation is 1. The predicted molar refractivity (Wildman–Crippen MR) is 76.3 cm³/mol. The maximum absolute atomic E-state index is 5.67. The average molecular weight is 257 g/mol. The minimum atomic E-state index is 0.703. The minimum absolute atomic E-state index is 0.703. The topological polar surface area (TPSA) is 47.0 Å². The fourth-order valence-electron chi connectivity index (χ4n) is 1.73. The first-order chi connectivity index (χ1) is 9.31. The van der Waals surface area contributed by atoms with E-state index in [-0.39, 0.29) is 0 Å². The molecule has 0 bridgehead atoms. The molecule has 0 unspecified atom stereocenters. The highest BCUT2D eigenvalue weighted by Gasteiger charge is 2.04. The fraction of sp³-hybridized carbons (Fsp3) is 0.333. The van der Waals surface area contributed by atoms with Crippen LogP contribution in [0, 0.1) is 6.92 Å². The molecule has 2 heterocycles. The number of pyridine rings is 2. The van der Waals surface area contributed by atoms with Gasteiger partial charge in [-0.2, -0.15) is 0 Å². The van der Waals surface area contributed by atoms with E-state index < -0.39 is 0 Å². The highest BCUT2D eigenvalue weighted by Crippen LogP contribution is 2.22. The molecular weight excluding hydrogens is 238 g/mol. The number of anilines is 1. The molecule has 0 amide bonds. The summed E-state index contributed by atoms with van der Waals surface area (Å²) >= 11 is 0. The van der Waals surface area contributed by atoms with Gasteiger partial charge in [0.1, 0.15) is 0 Å². The number of hydrogen-bond acceptors (Lipinski definition) is 4. The number of aromatic nitrogens is 2. The van der Waals surface area contributed by atoms with Crippen molar-refractivity contribution in [1.82, 2.24) is 9.97 Å². The number of nitrogens with one attached hydrogen (secondary N) is 1. The van der Waals surface area contributed by atoms with Crippen LogP contribution < -0.4 is 10.1 Å². The van der Waals surface area contributed by atoms with Crippen LogP contribution in [0.4, 0.5) is 5.82 Å². The van der Waals surface area contributed by atoms with Crippen molar-refractivity contribution < 1.29 is 4.74 Å². The lowest BCUT2D eigenvalue weighted by molar-refractivity contribution is 0.318. The molecule has 100 valence electrons. The molecule has 19 heavy (non-hydrogen) atoms. The molecule has 2 rings (SSSR count). The van der Waals surface area contributed by atoms with Crippen LogP contribution in [-0.2, 0) is 6.54 Å². The van der Waals surface area contributed by atoms with E-state index >= 15 is 0 Å². The van der Waals surface area contributed by atoms with E-state index in [0.29, 0.717) is 13.2 Å². The first-order valence-corrected chi connectivity index (χ1v) is 6.52. The van der Waals surface area contributed by atoms with Crippen molar-refractivity contribution in [3.63, 3.8) is 0 Å². The molecule has 0 aliphatic rings. The molecule has 0 radical (unpaired) electrons. The van der Waals surface area contributed by atoms with Gasteiger partial charge in [-0.15, -0.1) is 0 Å². The summed E-state index contributed by atoms with van der Waals surface area (Å²) in [6, 6.07) is 5.83. The highest BCUT2D eigenvalue weighted by atomic mass is 16.5. The van der Waals surface area contributed by atoms with Gasteiger partial charge in [-0.3, -0.25) is 4.98 Å². The first-order valence-electron chi connectivity index (χ1n) is 6.52. The van der Waals surface area contributed by atoms with Gasteiger partial charge in [-0.25, -0.2) is 4.98 Å². The molecule has 4 nitrogen and oxygen atoms in total. The lowest BCUT2D eigenvalue weighted by Gasteiger charge is -2.12. The third-order valence-corrected chi connectivity index (χ3v) is 2.82. The van der Waals surface area contributed by atoms with Gasteiger partial charge >= 0.3 is 0 Å². The van der Waals surface area contributed by atoms with E-state index in [1.165, 1.54) is 11.1 Å². The number of hydrogen-bond donors (Lipinski definition) is 1. The Morgan fingerprint density at radius 2 is 2.16 bits per heavy atom. The predicted octanol–water partition coefficient (Wildman–Crippen LogP) is 3.19. The molecule has 0 aromatic carbocycles. The summed E-state index contributed by atoms with van der Waals surface area (Å²) in [5.74, 6) is 1.59. The Kier molecular flexibility index (Phi) is 4.72. The number of nitrogens with zero attached hydrogens (tertiary/aromatic N) is 2. The molecule has 0 fully saturated rings. The Balaban J connectivity index is 2.05. The smallest absolute Gasteiger partial charge is 0.169 e. The van der Waals surface area contributed by atoms with Gasteiger partial charge in [0, 0.05) is 25.1 Å². The molecule has 4 heteroatoms. The van der Waals surface area contributed by atoms with E-state index in [0.717, 1.165) is 18.0 Å². The largest absolute Gasteiger partial charge is 0.490 e. The third-order valence-electron chi connectivity index (χ3n) is 2.82. The molecule has 0 saturated carbocycles. The zero-order valence-electron chi connectivity index (χ0n) is 11.4. The van der Waals surface area contributed by atoms with Crippen LogP contribution >= 0.6 is 0 Å². The van der Waals surface area contributed by atoms with Crippen molar-refractivity contribution in [2.45, 2.75) is 26.8 Å². The first kappa shape index (κ1) is 13.3. The molecule has 0 aliphatic carbocycles. The molecule has 1 N–H and O–H groups in total. The van der Waals surface area contributed by atoms with Crippen molar-refractivity contribution >= 4 is 5.82 Å². The second kappa shape index (κ2) is 6.73. The molecule has 0 atom stereocenters. The van der Waals surface area contributed by atoms with Crippen molar-refractivity contribution in [3.05, 3.63) is 47.9 Å². The summed E-state index contributed by atoms with van der Waals surface area (Å²) in [6.45, 7) is 5.56. The third kappa shape index (κ3) is 3.68. The average Bonchev–Trinajstić information content (AvgIpc) is 2.45. The normalized spacial score (nSPS) is 10.2. The van der Waals surface area contributed by atoms with E-state index in [2.05, 4.69) is 29.1 Å². The zero-order valence-corrected chi connectivity index (χ0v) is 11.4. The molecule has 2 aromatic heterocycles. The lowest BCUT2D eigenvalue weighted by atomic mass is 10.1. The maximum Gasteiger partial charge on any atom is 0.169 e. The standard InChI is InChI=1S/C15H19N3O/c1-3-9-19-14-5-4-7-17-15(14)18-11-13-6-8-16-10-12(13)2/h4-8,10H,3,9,11H2,1-2H3,(H,17,18). The Bertz CT molecular complexity index is 528. The molecule has 0 aliphatic heterocycles. The van der Waals surface area contributed by atoms with Gasteiger partial charge in [0.15, 0.2) is 11.6 Å². The number of ether oxygens (including phenoxy) is 1. The van der Waals surface area contributed by atoms with Gasteiger partial charge in [-0.1, -0.05) is 6.92 Å². The van der Waals surface area contributed by atoms with Gasteiger partial charge in [0.25, 0.3) is 0 Å². The van der Waals surface area contributed by atoms with E-state index in [9.17, 15) is 0 Å². The van der Waals surface area contributed by atoms with E-state index in [1.807, 2.05) is 24.4 Å². The molecule has 0 spiro atoms. The van der Waals surface area contributed by atoms with Gasteiger partial charge in [0.05, 0.1) is 6.61 Å². The van der Waals surface area contributed by atoms with Crippen LogP contribution in [-0.4, -0.2) is 16.6 Å². The monoisotopic (exact) mass is 257 g/mol. The van der Waals surface area contributed by atoms with Gasteiger partial charge < -0.3 is 10.1 Å². The second-order valence-corrected chi connectivity index (χ2v) is 4.35. The lowest BCUT2D eigenvalue weighted by Crippen LogP contribution is -2.06. The summed E-state index contributed by atoms with van der Waals surface area (Å²) < 4.78 is 5.67. The van der Waals surface area contributed by atoms with Crippen molar-refractivity contribution in [1.29, 1.82) is 0 Å². The Morgan fingerprint density at radius 1 is 1.26 bits per heavy atom. The molecule has 0 saturated heterocycles. The second-order valence-electron chi connectivity index (χ2n) is 4.35. The Labute approximate surface area is 113 Å². The highest BCUT2D eigenvalue weighted by molar-refractivity contribution is 5.50. The zero-order chi connectivity index (χ0) is 13.5. The van der Waals surface area contributed by atoms with Crippen LogP contribution in [0.15, 0.2) is 36.8 Å². The quantitative estimate of drug-likeness (QED) is 0.863. The SMILES string of the molecule is CCCOc1cccnc1NCc1ccncc1C. The fourth-order valence-corrected chi connectivity index (χ4v) is 1.73. The summed E-state index contributed by atoms with van der Waals surface area (Å²) in [5.41, 5.74) is 2.38. The van der Waals surface area contributed by atoms with Crippen molar-refractivity contribution in [2.75, 3.05) is 11.9 Å². The maximum atomic E-state index is 5.67. The van der Waals surface area contributed by atoms with E-state index in [4.69, 9.17) is 4.74 Å². The van der Waals surface area contributed by atoms with Crippen LogP contribution in [0.5, 0.6) is 5.75 Å².